The number of benzene rings is 1. The average Bonchev–Trinajstić information content (AvgIpc) is 2.36. The summed E-state index contributed by atoms with van der Waals surface area (Å²) in [5.41, 5.74) is 7.14. The van der Waals surface area contributed by atoms with Crippen LogP contribution in [-0.4, -0.2) is 25.3 Å². The number of alkyl halides is 3. The Hall–Kier alpha value is -1.07. The van der Waals surface area contributed by atoms with Crippen LogP contribution in [0.3, 0.4) is 0 Å². The SMILES string of the molecule is NC(CCc1ccccc1)CNCCCC(F)(F)F. The van der Waals surface area contributed by atoms with Crippen LogP contribution in [0.15, 0.2) is 30.3 Å². The minimum Gasteiger partial charge on any atom is -0.327 e. The van der Waals surface area contributed by atoms with Gasteiger partial charge in [0.15, 0.2) is 0 Å². The van der Waals surface area contributed by atoms with Gasteiger partial charge >= 0.3 is 6.18 Å². The Morgan fingerprint density at radius 1 is 1.16 bits per heavy atom. The lowest BCUT2D eigenvalue weighted by atomic mass is 10.1. The molecular weight excluding hydrogens is 253 g/mol. The van der Waals surface area contributed by atoms with E-state index in [-0.39, 0.29) is 12.5 Å². The minimum absolute atomic E-state index is 0.0221. The fraction of sp³-hybridized carbons (Fsp3) is 0.571. The van der Waals surface area contributed by atoms with E-state index in [1.165, 1.54) is 5.56 Å². The number of nitrogens with one attached hydrogen (secondary N) is 1. The largest absolute Gasteiger partial charge is 0.389 e. The van der Waals surface area contributed by atoms with E-state index >= 15 is 0 Å². The smallest absolute Gasteiger partial charge is 0.327 e. The third-order valence-corrected chi connectivity index (χ3v) is 2.87. The van der Waals surface area contributed by atoms with Gasteiger partial charge in [-0.2, -0.15) is 13.2 Å². The van der Waals surface area contributed by atoms with Crippen molar-refractivity contribution in [2.45, 2.75) is 37.9 Å². The molecule has 1 unspecified atom stereocenters. The van der Waals surface area contributed by atoms with E-state index in [1.54, 1.807) is 0 Å². The molecule has 0 amide bonds. The van der Waals surface area contributed by atoms with Gasteiger partial charge in [-0.1, -0.05) is 30.3 Å². The van der Waals surface area contributed by atoms with Crippen LogP contribution in [0.4, 0.5) is 13.2 Å². The van der Waals surface area contributed by atoms with Gasteiger partial charge in [0.25, 0.3) is 0 Å². The van der Waals surface area contributed by atoms with E-state index in [1.807, 2.05) is 30.3 Å². The molecule has 1 rings (SSSR count). The van der Waals surface area contributed by atoms with Crippen LogP contribution < -0.4 is 11.1 Å². The van der Waals surface area contributed by atoms with Crippen LogP contribution in [0, 0.1) is 0 Å². The monoisotopic (exact) mass is 274 g/mol. The first-order valence-electron chi connectivity index (χ1n) is 6.54. The first-order valence-corrected chi connectivity index (χ1v) is 6.54. The molecule has 0 saturated heterocycles. The van der Waals surface area contributed by atoms with Crippen LogP contribution in [0.1, 0.15) is 24.8 Å². The molecule has 0 aliphatic rings. The fourth-order valence-electron chi connectivity index (χ4n) is 1.80. The summed E-state index contributed by atoms with van der Waals surface area (Å²) in [6, 6.07) is 10.00. The molecule has 0 heterocycles. The Morgan fingerprint density at radius 3 is 2.47 bits per heavy atom. The highest BCUT2D eigenvalue weighted by Crippen LogP contribution is 2.20. The van der Waals surface area contributed by atoms with Crippen molar-refractivity contribution in [3.8, 4) is 0 Å². The Kier molecular flexibility index (Phi) is 6.87. The van der Waals surface area contributed by atoms with Gasteiger partial charge in [0.05, 0.1) is 0 Å². The second kappa shape index (κ2) is 8.17. The number of aryl methyl sites for hydroxylation is 1. The molecule has 19 heavy (non-hydrogen) atoms. The molecule has 0 radical (unpaired) electrons. The first-order chi connectivity index (χ1) is 8.97. The van der Waals surface area contributed by atoms with Crippen molar-refractivity contribution in [2.75, 3.05) is 13.1 Å². The van der Waals surface area contributed by atoms with E-state index < -0.39 is 12.6 Å². The molecule has 2 nitrogen and oxygen atoms in total. The maximum atomic E-state index is 11.9. The molecule has 1 atom stereocenters. The second-order valence-corrected chi connectivity index (χ2v) is 4.71. The van der Waals surface area contributed by atoms with Gasteiger partial charge in [0.1, 0.15) is 0 Å². The van der Waals surface area contributed by atoms with Crippen LogP contribution in [0.25, 0.3) is 0 Å². The normalized spacial score (nSPS) is 13.5. The maximum absolute atomic E-state index is 11.9. The van der Waals surface area contributed by atoms with Crippen LogP contribution in [-0.2, 0) is 6.42 Å². The second-order valence-electron chi connectivity index (χ2n) is 4.71. The lowest BCUT2D eigenvalue weighted by Gasteiger charge is -2.13. The van der Waals surface area contributed by atoms with Crippen molar-refractivity contribution in [1.82, 2.24) is 5.32 Å². The summed E-state index contributed by atoms with van der Waals surface area (Å²) in [5.74, 6) is 0. The lowest BCUT2D eigenvalue weighted by molar-refractivity contribution is -0.135. The maximum Gasteiger partial charge on any atom is 0.389 e. The van der Waals surface area contributed by atoms with E-state index in [0.717, 1.165) is 12.8 Å². The molecule has 1 aromatic rings. The molecule has 0 fully saturated rings. The minimum atomic E-state index is -4.06. The van der Waals surface area contributed by atoms with E-state index in [2.05, 4.69) is 5.32 Å². The Morgan fingerprint density at radius 2 is 1.84 bits per heavy atom. The number of hydrogen-bond acceptors (Lipinski definition) is 2. The molecule has 108 valence electrons. The highest BCUT2D eigenvalue weighted by atomic mass is 19.4. The zero-order chi connectivity index (χ0) is 14.1. The summed E-state index contributed by atoms with van der Waals surface area (Å²) in [5, 5.41) is 2.97. The fourth-order valence-corrected chi connectivity index (χ4v) is 1.80. The highest BCUT2D eigenvalue weighted by Gasteiger charge is 2.25. The van der Waals surface area contributed by atoms with Crippen molar-refractivity contribution < 1.29 is 13.2 Å². The molecule has 0 aliphatic carbocycles. The van der Waals surface area contributed by atoms with Gasteiger partial charge in [-0.25, -0.2) is 0 Å². The van der Waals surface area contributed by atoms with Crippen molar-refractivity contribution >= 4 is 0 Å². The highest BCUT2D eigenvalue weighted by molar-refractivity contribution is 5.14. The average molecular weight is 274 g/mol. The molecule has 0 bridgehead atoms. The van der Waals surface area contributed by atoms with Crippen molar-refractivity contribution in [3.63, 3.8) is 0 Å². The van der Waals surface area contributed by atoms with Crippen LogP contribution >= 0.6 is 0 Å². The summed E-state index contributed by atoms with van der Waals surface area (Å²) in [7, 11) is 0. The summed E-state index contributed by atoms with van der Waals surface area (Å²) in [4.78, 5) is 0. The first kappa shape index (κ1) is 16.0. The summed E-state index contributed by atoms with van der Waals surface area (Å²) in [6.07, 6.45) is -2.96. The number of rotatable bonds is 8. The van der Waals surface area contributed by atoms with Gasteiger partial charge in [-0.3, -0.25) is 0 Å². The van der Waals surface area contributed by atoms with E-state index in [0.29, 0.717) is 13.1 Å². The number of nitrogens with two attached hydrogens (primary N) is 1. The topological polar surface area (TPSA) is 38.0 Å². The van der Waals surface area contributed by atoms with Crippen molar-refractivity contribution in [3.05, 3.63) is 35.9 Å². The van der Waals surface area contributed by atoms with Crippen LogP contribution in [0.2, 0.25) is 0 Å². The van der Waals surface area contributed by atoms with Crippen molar-refractivity contribution in [1.29, 1.82) is 0 Å². The Balaban J connectivity index is 2.04. The molecule has 0 saturated carbocycles. The molecule has 5 heteroatoms. The lowest BCUT2D eigenvalue weighted by Crippen LogP contribution is -2.34. The summed E-state index contributed by atoms with van der Waals surface area (Å²) in [6.45, 7) is 0.920. The van der Waals surface area contributed by atoms with Crippen LogP contribution in [0.5, 0.6) is 0 Å². The summed E-state index contributed by atoms with van der Waals surface area (Å²) < 4.78 is 35.7. The van der Waals surface area contributed by atoms with E-state index in [4.69, 9.17) is 5.73 Å². The molecule has 0 aliphatic heterocycles. The van der Waals surface area contributed by atoms with Crippen molar-refractivity contribution in [2.24, 2.45) is 5.73 Å². The standard InChI is InChI=1S/C14H21F3N2/c15-14(16,17)9-4-10-19-11-13(18)8-7-12-5-2-1-3-6-12/h1-3,5-6,13,19H,4,7-11,18H2. The van der Waals surface area contributed by atoms with Gasteiger partial charge in [-0.05, 0) is 31.4 Å². The molecule has 0 aromatic heterocycles. The van der Waals surface area contributed by atoms with Gasteiger partial charge in [0, 0.05) is 19.0 Å². The van der Waals surface area contributed by atoms with Gasteiger partial charge in [-0.15, -0.1) is 0 Å². The zero-order valence-corrected chi connectivity index (χ0v) is 10.9. The predicted molar refractivity (Wildman–Crippen MR) is 70.9 cm³/mol. The Labute approximate surface area is 112 Å². The molecule has 1 aromatic carbocycles. The molecular formula is C14H21F3N2. The summed E-state index contributed by atoms with van der Waals surface area (Å²) >= 11 is 0. The Bertz CT molecular complexity index is 338. The molecule has 3 N–H and O–H groups in total. The molecule has 0 spiro atoms. The van der Waals surface area contributed by atoms with Gasteiger partial charge in [0.2, 0.25) is 0 Å². The number of hydrogen-bond donors (Lipinski definition) is 2. The predicted octanol–water partition coefficient (Wildman–Crippen LogP) is 2.88. The quantitative estimate of drug-likeness (QED) is 0.715. The van der Waals surface area contributed by atoms with E-state index in [9.17, 15) is 13.2 Å². The zero-order valence-electron chi connectivity index (χ0n) is 10.9. The number of halogens is 3. The third kappa shape index (κ3) is 8.61. The van der Waals surface area contributed by atoms with Gasteiger partial charge < -0.3 is 11.1 Å². The third-order valence-electron chi connectivity index (χ3n) is 2.87.